The first-order valence-electron chi connectivity index (χ1n) is 9.69. The minimum absolute atomic E-state index is 0.385. The monoisotopic (exact) mass is 344 g/mol. The molecule has 0 saturated heterocycles. The minimum Gasteiger partial charge on any atom is -0.496 e. The average Bonchev–Trinajstić information content (AvgIpc) is 2.63. The Hall–Kier alpha value is -1.70. The van der Waals surface area contributed by atoms with E-state index in [1.165, 1.54) is 29.5 Å². The highest BCUT2D eigenvalue weighted by Crippen LogP contribution is 2.28. The van der Waals surface area contributed by atoms with Gasteiger partial charge in [0, 0.05) is 12.3 Å². The molecule has 0 aromatic heterocycles. The largest absolute Gasteiger partial charge is 0.496 e. The summed E-state index contributed by atoms with van der Waals surface area (Å²) in [5.41, 5.74) is 3.88. The molecule has 0 N–H and O–H groups in total. The highest BCUT2D eigenvalue weighted by molar-refractivity contribution is 5.45. The molecule has 2 nitrogen and oxygen atoms in total. The third-order valence-electron chi connectivity index (χ3n) is 4.78. The molecule has 2 heteroatoms. The van der Waals surface area contributed by atoms with Crippen molar-refractivity contribution in [3.8, 4) is 5.75 Å². The summed E-state index contributed by atoms with van der Waals surface area (Å²) in [5.74, 6) is 3.08. The zero-order chi connectivity index (χ0) is 18.8. The van der Waals surface area contributed by atoms with Gasteiger partial charge in [0.25, 0.3) is 0 Å². The third-order valence-corrected chi connectivity index (χ3v) is 4.78. The van der Waals surface area contributed by atoms with Gasteiger partial charge in [-0.1, -0.05) is 65.8 Å². The lowest BCUT2D eigenvalue weighted by atomic mass is 9.98. The summed E-state index contributed by atoms with van der Waals surface area (Å²) in [4.78, 5) is 0. The second-order valence-electron chi connectivity index (χ2n) is 6.80. The van der Waals surface area contributed by atoms with Gasteiger partial charge in [0.2, 0.25) is 0 Å². The van der Waals surface area contributed by atoms with Crippen LogP contribution in [0.2, 0.25) is 0 Å². The summed E-state index contributed by atoms with van der Waals surface area (Å²) in [6.45, 7) is 16.9. The van der Waals surface area contributed by atoms with Crippen molar-refractivity contribution in [2.24, 2.45) is 5.92 Å². The first-order chi connectivity index (χ1) is 12.0. The molecule has 25 heavy (non-hydrogen) atoms. The van der Waals surface area contributed by atoms with Gasteiger partial charge >= 0.3 is 0 Å². The predicted octanol–water partition coefficient (Wildman–Crippen LogP) is 6.62. The third kappa shape index (κ3) is 6.61. The van der Waals surface area contributed by atoms with Crippen molar-refractivity contribution < 1.29 is 9.47 Å². The van der Waals surface area contributed by atoms with Gasteiger partial charge in [-0.25, -0.2) is 0 Å². The molecule has 1 aromatic carbocycles. The lowest BCUT2D eigenvalue weighted by molar-refractivity contribution is 0.246. The molecule has 0 radical (unpaired) electrons. The summed E-state index contributed by atoms with van der Waals surface area (Å²) in [6, 6.07) is 4.51. The number of allylic oxidation sites excluding steroid dienone is 2. The minimum atomic E-state index is 0.385. The van der Waals surface area contributed by atoms with Crippen molar-refractivity contribution >= 4 is 0 Å². The van der Waals surface area contributed by atoms with Gasteiger partial charge in [0.1, 0.15) is 5.75 Å². The summed E-state index contributed by atoms with van der Waals surface area (Å²) < 4.78 is 11.5. The number of methoxy groups -OCH3 is 1. The molecule has 1 rings (SSSR count). The molecule has 140 valence electrons. The number of ether oxygens (including phenoxy) is 2. The maximum absolute atomic E-state index is 5.88. The number of benzene rings is 1. The Kier molecular flexibility index (Phi) is 9.41. The molecule has 0 heterocycles. The molecular formula is C23H36O2. The van der Waals surface area contributed by atoms with Crippen LogP contribution in [0.1, 0.15) is 70.1 Å². The summed E-state index contributed by atoms with van der Waals surface area (Å²) in [5, 5.41) is 0. The van der Waals surface area contributed by atoms with Crippen molar-refractivity contribution in [2.45, 2.75) is 72.6 Å². The highest BCUT2D eigenvalue weighted by atomic mass is 16.5. The Morgan fingerprint density at radius 1 is 1.08 bits per heavy atom. The molecule has 1 aromatic rings. The van der Waals surface area contributed by atoms with E-state index in [2.05, 4.69) is 53.0 Å². The lowest BCUT2D eigenvalue weighted by Gasteiger charge is -2.18. The SMILES string of the molecule is C=C(CCc1cc(CC)c(OC)c(CC)c1)OC(=C)C(C)CCCC. The molecule has 0 spiro atoms. The van der Waals surface area contributed by atoms with Gasteiger partial charge in [-0.05, 0) is 42.4 Å². The topological polar surface area (TPSA) is 18.5 Å². The fourth-order valence-electron chi connectivity index (χ4n) is 3.05. The molecule has 1 unspecified atom stereocenters. The van der Waals surface area contributed by atoms with Crippen LogP contribution in [0.15, 0.2) is 36.8 Å². The standard InChI is InChI=1S/C23H36O2/c1-8-11-12-17(4)19(6)25-18(5)13-14-20-15-21(9-2)23(24-7)22(10-3)16-20/h15-17H,5-6,8-14H2,1-4,7H3. The quantitative estimate of drug-likeness (QED) is 0.396. The maximum Gasteiger partial charge on any atom is 0.125 e. The summed E-state index contributed by atoms with van der Waals surface area (Å²) in [7, 11) is 1.76. The molecule has 0 aliphatic rings. The van der Waals surface area contributed by atoms with Crippen LogP contribution in [-0.4, -0.2) is 7.11 Å². The first-order valence-corrected chi connectivity index (χ1v) is 9.69. The Morgan fingerprint density at radius 2 is 1.68 bits per heavy atom. The Labute approximate surface area is 154 Å². The molecule has 0 aliphatic carbocycles. The fraction of sp³-hybridized carbons (Fsp3) is 0.565. The predicted molar refractivity (Wildman–Crippen MR) is 108 cm³/mol. The van der Waals surface area contributed by atoms with E-state index in [9.17, 15) is 0 Å². The van der Waals surface area contributed by atoms with E-state index < -0.39 is 0 Å². The summed E-state index contributed by atoms with van der Waals surface area (Å²) >= 11 is 0. The Bertz CT molecular complexity index is 546. The average molecular weight is 345 g/mol. The van der Waals surface area contributed by atoms with Gasteiger partial charge in [-0.15, -0.1) is 0 Å². The molecular weight excluding hydrogens is 308 g/mol. The van der Waals surface area contributed by atoms with Crippen molar-refractivity contribution in [3.63, 3.8) is 0 Å². The molecule has 0 amide bonds. The van der Waals surface area contributed by atoms with Crippen molar-refractivity contribution in [1.82, 2.24) is 0 Å². The van der Waals surface area contributed by atoms with Crippen molar-refractivity contribution in [3.05, 3.63) is 53.5 Å². The van der Waals surface area contributed by atoms with Gasteiger partial charge in [-0.3, -0.25) is 0 Å². The molecule has 0 aliphatic heterocycles. The number of aryl methyl sites for hydroxylation is 3. The molecule has 0 bridgehead atoms. The van der Waals surface area contributed by atoms with Crippen LogP contribution >= 0.6 is 0 Å². The van der Waals surface area contributed by atoms with E-state index in [0.717, 1.165) is 49.4 Å². The number of hydrogen-bond donors (Lipinski definition) is 0. The second-order valence-corrected chi connectivity index (χ2v) is 6.80. The highest BCUT2D eigenvalue weighted by Gasteiger charge is 2.12. The van der Waals surface area contributed by atoms with E-state index in [1.807, 2.05) is 0 Å². The molecule has 0 fully saturated rings. The van der Waals surface area contributed by atoms with Crippen LogP contribution in [0.25, 0.3) is 0 Å². The number of rotatable bonds is 12. The Balaban J connectivity index is 2.65. The van der Waals surface area contributed by atoms with Crippen LogP contribution in [0, 0.1) is 5.92 Å². The van der Waals surface area contributed by atoms with Crippen LogP contribution in [0.4, 0.5) is 0 Å². The van der Waals surface area contributed by atoms with E-state index in [-0.39, 0.29) is 0 Å². The van der Waals surface area contributed by atoms with Gasteiger partial charge in [0.15, 0.2) is 0 Å². The van der Waals surface area contributed by atoms with Gasteiger partial charge < -0.3 is 9.47 Å². The van der Waals surface area contributed by atoms with Crippen LogP contribution in [-0.2, 0) is 24.0 Å². The number of hydrogen-bond acceptors (Lipinski definition) is 2. The maximum atomic E-state index is 5.88. The smallest absolute Gasteiger partial charge is 0.125 e. The van der Waals surface area contributed by atoms with E-state index in [0.29, 0.717) is 5.92 Å². The van der Waals surface area contributed by atoms with Crippen LogP contribution in [0.3, 0.4) is 0 Å². The zero-order valence-corrected chi connectivity index (χ0v) is 16.9. The van der Waals surface area contributed by atoms with Crippen LogP contribution < -0.4 is 4.74 Å². The van der Waals surface area contributed by atoms with E-state index in [1.54, 1.807) is 7.11 Å². The van der Waals surface area contributed by atoms with E-state index >= 15 is 0 Å². The number of unbranched alkanes of at least 4 members (excludes halogenated alkanes) is 1. The van der Waals surface area contributed by atoms with Crippen molar-refractivity contribution in [2.75, 3.05) is 7.11 Å². The molecule has 0 saturated carbocycles. The normalized spacial score (nSPS) is 11.9. The lowest BCUT2D eigenvalue weighted by Crippen LogP contribution is -2.04. The first kappa shape index (κ1) is 21.3. The van der Waals surface area contributed by atoms with Gasteiger partial charge in [-0.2, -0.15) is 0 Å². The molecule has 1 atom stereocenters. The Morgan fingerprint density at radius 3 is 2.16 bits per heavy atom. The van der Waals surface area contributed by atoms with Gasteiger partial charge in [0.05, 0.1) is 18.6 Å². The second kappa shape index (κ2) is 11.0. The fourth-order valence-corrected chi connectivity index (χ4v) is 3.05. The van der Waals surface area contributed by atoms with E-state index in [4.69, 9.17) is 9.47 Å². The van der Waals surface area contributed by atoms with Crippen LogP contribution in [0.5, 0.6) is 5.75 Å². The summed E-state index contributed by atoms with van der Waals surface area (Å²) in [6.07, 6.45) is 7.25. The van der Waals surface area contributed by atoms with Crippen molar-refractivity contribution in [1.29, 1.82) is 0 Å². The zero-order valence-electron chi connectivity index (χ0n) is 16.9.